The van der Waals surface area contributed by atoms with Crippen molar-refractivity contribution in [2.24, 2.45) is 5.92 Å². The molecule has 3 atom stereocenters. The van der Waals surface area contributed by atoms with Gasteiger partial charge in [-0.05, 0) is 52.6 Å². The van der Waals surface area contributed by atoms with Crippen LogP contribution < -0.4 is 5.32 Å². The molecule has 0 aliphatic carbocycles. The van der Waals surface area contributed by atoms with E-state index in [4.69, 9.17) is 0 Å². The van der Waals surface area contributed by atoms with Crippen LogP contribution in [0.25, 0.3) is 0 Å². The van der Waals surface area contributed by atoms with E-state index < -0.39 is 0 Å². The summed E-state index contributed by atoms with van der Waals surface area (Å²) in [6.07, 6.45) is 3.54. The molecule has 1 aliphatic rings. The van der Waals surface area contributed by atoms with Crippen molar-refractivity contribution in [3.05, 3.63) is 0 Å². The molecule has 1 rings (SSSR count). The average molecular weight is 228 g/mol. The summed E-state index contributed by atoms with van der Waals surface area (Å²) >= 11 is 0. The first kappa shape index (κ1) is 13.9. The number of nitrogens with zero attached hydrogens (tertiary/aromatic N) is 1. The van der Waals surface area contributed by atoms with E-state index in [1.807, 2.05) is 7.05 Å². The van der Waals surface area contributed by atoms with Crippen molar-refractivity contribution in [3.63, 3.8) is 0 Å². The minimum Gasteiger partial charge on any atom is -0.394 e. The van der Waals surface area contributed by atoms with E-state index in [0.717, 1.165) is 24.8 Å². The standard InChI is InChI=1S/C13H28N2O/c1-11-8-12(2)15(9-11)7-5-6-13(3,10-16)14-4/h11-12,14,16H,5-10H2,1-4H3. The van der Waals surface area contributed by atoms with E-state index in [9.17, 15) is 5.11 Å². The molecule has 0 aromatic heterocycles. The Balaban J connectivity index is 2.25. The van der Waals surface area contributed by atoms with Crippen LogP contribution in [0.15, 0.2) is 0 Å². The highest BCUT2D eigenvalue weighted by molar-refractivity contribution is 4.83. The first-order chi connectivity index (χ1) is 7.50. The van der Waals surface area contributed by atoms with Crippen LogP contribution >= 0.6 is 0 Å². The molecule has 16 heavy (non-hydrogen) atoms. The summed E-state index contributed by atoms with van der Waals surface area (Å²) in [4.78, 5) is 2.58. The molecule has 96 valence electrons. The van der Waals surface area contributed by atoms with Gasteiger partial charge in [0.1, 0.15) is 0 Å². The highest BCUT2D eigenvalue weighted by atomic mass is 16.3. The molecule has 3 nitrogen and oxygen atoms in total. The number of hydrogen-bond acceptors (Lipinski definition) is 3. The second-order valence-corrected chi connectivity index (χ2v) is 5.76. The Morgan fingerprint density at radius 2 is 2.12 bits per heavy atom. The van der Waals surface area contributed by atoms with Gasteiger partial charge < -0.3 is 15.3 Å². The number of nitrogens with one attached hydrogen (secondary N) is 1. The molecule has 1 aliphatic heterocycles. The molecular formula is C13H28N2O. The summed E-state index contributed by atoms with van der Waals surface area (Å²) in [7, 11) is 1.93. The van der Waals surface area contributed by atoms with Crippen LogP contribution in [0.3, 0.4) is 0 Å². The fraction of sp³-hybridized carbons (Fsp3) is 1.00. The van der Waals surface area contributed by atoms with Crippen LogP contribution in [0.5, 0.6) is 0 Å². The van der Waals surface area contributed by atoms with Crippen molar-refractivity contribution >= 4 is 0 Å². The Morgan fingerprint density at radius 1 is 1.44 bits per heavy atom. The fourth-order valence-electron chi connectivity index (χ4n) is 2.65. The Hall–Kier alpha value is -0.120. The number of likely N-dealkylation sites (N-methyl/N-ethyl adjacent to an activating group) is 1. The molecule has 0 radical (unpaired) electrons. The average Bonchev–Trinajstić information content (AvgIpc) is 2.57. The lowest BCUT2D eigenvalue weighted by atomic mass is 9.97. The predicted octanol–water partition coefficient (Wildman–Crippen LogP) is 1.47. The molecule has 0 amide bonds. The third kappa shape index (κ3) is 3.72. The summed E-state index contributed by atoms with van der Waals surface area (Å²) in [6, 6.07) is 0.741. The molecule has 0 aromatic rings. The lowest BCUT2D eigenvalue weighted by Gasteiger charge is -2.28. The molecule has 3 unspecified atom stereocenters. The number of rotatable bonds is 6. The highest BCUT2D eigenvalue weighted by Crippen LogP contribution is 2.23. The van der Waals surface area contributed by atoms with Gasteiger partial charge in [0, 0.05) is 18.1 Å². The molecule has 0 spiro atoms. The van der Waals surface area contributed by atoms with E-state index in [1.165, 1.54) is 19.5 Å². The first-order valence-electron chi connectivity index (χ1n) is 6.54. The Morgan fingerprint density at radius 3 is 2.56 bits per heavy atom. The van der Waals surface area contributed by atoms with E-state index in [1.54, 1.807) is 0 Å². The molecule has 1 fully saturated rings. The molecule has 0 saturated carbocycles. The zero-order valence-electron chi connectivity index (χ0n) is 11.3. The van der Waals surface area contributed by atoms with Crippen molar-refractivity contribution in [2.45, 2.75) is 51.6 Å². The molecule has 0 bridgehead atoms. The predicted molar refractivity (Wildman–Crippen MR) is 68.6 cm³/mol. The maximum absolute atomic E-state index is 9.30. The summed E-state index contributed by atoms with van der Waals surface area (Å²) < 4.78 is 0. The Bertz CT molecular complexity index is 204. The van der Waals surface area contributed by atoms with Gasteiger partial charge in [-0.15, -0.1) is 0 Å². The van der Waals surface area contributed by atoms with E-state index >= 15 is 0 Å². The number of aliphatic hydroxyl groups is 1. The zero-order valence-corrected chi connectivity index (χ0v) is 11.3. The van der Waals surface area contributed by atoms with Crippen LogP contribution in [0, 0.1) is 5.92 Å². The Labute approximate surface area is 100 Å². The third-order valence-electron chi connectivity index (χ3n) is 4.04. The summed E-state index contributed by atoms with van der Waals surface area (Å²) in [5.74, 6) is 0.850. The molecule has 1 saturated heterocycles. The van der Waals surface area contributed by atoms with Gasteiger partial charge in [0.05, 0.1) is 6.61 Å². The minimum atomic E-state index is -0.103. The fourth-order valence-corrected chi connectivity index (χ4v) is 2.65. The topological polar surface area (TPSA) is 35.5 Å². The number of hydrogen-bond donors (Lipinski definition) is 2. The second kappa shape index (κ2) is 5.99. The maximum atomic E-state index is 9.30. The van der Waals surface area contributed by atoms with Crippen molar-refractivity contribution < 1.29 is 5.11 Å². The van der Waals surface area contributed by atoms with Gasteiger partial charge in [0.2, 0.25) is 0 Å². The largest absolute Gasteiger partial charge is 0.394 e. The minimum absolute atomic E-state index is 0.103. The van der Waals surface area contributed by atoms with Crippen LogP contribution in [0.4, 0.5) is 0 Å². The Kier molecular flexibility index (Phi) is 5.22. The van der Waals surface area contributed by atoms with Gasteiger partial charge in [-0.3, -0.25) is 0 Å². The lowest BCUT2D eigenvalue weighted by Crippen LogP contribution is -2.44. The van der Waals surface area contributed by atoms with Crippen molar-refractivity contribution in [1.29, 1.82) is 0 Å². The van der Waals surface area contributed by atoms with E-state index in [-0.39, 0.29) is 12.1 Å². The summed E-state index contributed by atoms with van der Waals surface area (Å²) in [5.41, 5.74) is -0.103. The monoisotopic (exact) mass is 228 g/mol. The van der Waals surface area contributed by atoms with Crippen LogP contribution in [-0.2, 0) is 0 Å². The SMILES string of the molecule is CNC(C)(CO)CCCN1CC(C)CC1C. The van der Waals surface area contributed by atoms with Crippen LogP contribution in [0.1, 0.15) is 40.0 Å². The normalized spacial score (nSPS) is 30.6. The van der Waals surface area contributed by atoms with Gasteiger partial charge in [0.15, 0.2) is 0 Å². The van der Waals surface area contributed by atoms with Crippen molar-refractivity contribution in [2.75, 3.05) is 26.7 Å². The highest BCUT2D eigenvalue weighted by Gasteiger charge is 2.26. The lowest BCUT2D eigenvalue weighted by molar-refractivity contribution is 0.162. The van der Waals surface area contributed by atoms with Crippen molar-refractivity contribution in [3.8, 4) is 0 Å². The second-order valence-electron chi connectivity index (χ2n) is 5.76. The summed E-state index contributed by atoms with van der Waals surface area (Å²) in [6.45, 7) is 9.38. The maximum Gasteiger partial charge on any atom is 0.0610 e. The number of likely N-dealkylation sites (tertiary alicyclic amines) is 1. The summed E-state index contributed by atoms with van der Waals surface area (Å²) in [5, 5.41) is 12.5. The third-order valence-corrected chi connectivity index (χ3v) is 4.04. The van der Waals surface area contributed by atoms with Gasteiger partial charge in [0.25, 0.3) is 0 Å². The smallest absolute Gasteiger partial charge is 0.0610 e. The van der Waals surface area contributed by atoms with Crippen molar-refractivity contribution in [1.82, 2.24) is 10.2 Å². The van der Waals surface area contributed by atoms with Gasteiger partial charge in [-0.2, -0.15) is 0 Å². The molecule has 0 aromatic carbocycles. The van der Waals surface area contributed by atoms with Crippen LogP contribution in [-0.4, -0.2) is 48.3 Å². The molecule has 2 N–H and O–H groups in total. The molecular weight excluding hydrogens is 200 g/mol. The van der Waals surface area contributed by atoms with E-state index in [2.05, 4.69) is 31.0 Å². The molecule has 3 heteroatoms. The zero-order chi connectivity index (χ0) is 12.2. The quantitative estimate of drug-likeness (QED) is 0.722. The van der Waals surface area contributed by atoms with E-state index in [0.29, 0.717) is 0 Å². The first-order valence-corrected chi connectivity index (χ1v) is 6.54. The van der Waals surface area contributed by atoms with Gasteiger partial charge in [-0.1, -0.05) is 6.92 Å². The van der Waals surface area contributed by atoms with Gasteiger partial charge >= 0.3 is 0 Å². The van der Waals surface area contributed by atoms with Crippen LogP contribution in [0.2, 0.25) is 0 Å². The number of aliphatic hydroxyl groups excluding tert-OH is 1. The van der Waals surface area contributed by atoms with Gasteiger partial charge in [-0.25, -0.2) is 0 Å². The molecule has 1 heterocycles.